The van der Waals surface area contributed by atoms with E-state index in [9.17, 15) is 5.11 Å². The van der Waals surface area contributed by atoms with Crippen LogP contribution in [0.15, 0.2) is 24.3 Å². The molecule has 0 radical (unpaired) electrons. The Kier molecular flexibility index (Phi) is 4.77. The zero-order chi connectivity index (χ0) is 14.7. The SMILES string of the molecule is C/C=C\c1ccc(NOC(C)(C)C(C)(C)O)cc1C. The number of hydrogen-bond donors (Lipinski definition) is 2. The summed E-state index contributed by atoms with van der Waals surface area (Å²) in [5, 5.41) is 10.0. The number of anilines is 1. The number of rotatable bonds is 5. The lowest BCUT2D eigenvalue weighted by molar-refractivity contribution is -0.130. The van der Waals surface area contributed by atoms with Crippen LogP contribution in [0.25, 0.3) is 6.08 Å². The molecule has 0 aromatic heterocycles. The summed E-state index contributed by atoms with van der Waals surface area (Å²) in [5.41, 5.74) is 4.54. The van der Waals surface area contributed by atoms with Crippen molar-refractivity contribution in [2.24, 2.45) is 0 Å². The summed E-state index contributed by atoms with van der Waals surface area (Å²) in [6.45, 7) is 11.2. The van der Waals surface area contributed by atoms with E-state index in [0.717, 1.165) is 5.69 Å². The summed E-state index contributed by atoms with van der Waals surface area (Å²) in [4.78, 5) is 5.62. The predicted molar refractivity (Wildman–Crippen MR) is 81.0 cm³/mol. The minimum Gasteiger partial charge on any atom is -0.387 e. The molecule has 0 aliphatic heterocycles. The lowest BCUT2D eigenvalue weighted by Gasteiger charge is -2.36. The van der Waals surface area contributed by atoms with E-state index in [1.54, 1.807) is 13.8 Å². The van der Waals surface area contributed by atoms with Gasteiger partial charge in [0.2, 0.25) is 0 Å². The second kappa shape index (κ2) is 5.76. The molecule has 0 aliphatic rings. The van der Waals surface area contributed by atoms with E-state index in [4.69, 9.17) is 4.84 Å². The Morgan fingerprint density at radius 2 is 1.84 bits per heavy atom. The molecule has 2 N–H and O–H groups in total. The number of benzene rings is 1. The minimum absolute atomic E-state index is 0.692. The zero-order valence-corrected chi connectivity index (χ0v) is 12.7. The first-order valence-corrected chi connectivity index (χ1v) is 6.57. The van der Waals surface area contributed by atoms with Crippen LogP contribution in [0.3, 0.4) is 0 Å². The van der Waals surface area contributed by atoms with E-state index in [1.807, 2.05) is 45.0 Å². The van der Waals surface area contributed by atoms with Gasteiger partial charge in [-0.05, 0) is 64.8 Å². The van der Waals surface area contributed by atoms with Crippen molar-refractivity contribution in [2.45, 2.75) is 52.7 Å². The van der Waals surface area contributed by atoms with E-state index in [0.29, 0.717) is 0 Å². The average Bonchev–Trinajstić information content (AvgIpc) is 2.28. The highest BCUT2D eigenvalue weighted by Crippen LogP contribution is 2.26. The Balaban J connectivity index is 2.77. The van der Waals surface area contributed by atoms with Crippen LogP contribution in [0.1, 0.15) is 45.7 Å². The second-order valence-corrected chi connectivity index (χ2v) is 5.84. The fraction of sp³-hybridized carbons (Fsp3) is 0.500. The van der Waals surface area contributed by atoms with Crippen LogP contribution in [-0.4, -0.2) is 16.3 Å². The molecule has 1 aromatic rings. The molecule has 3 heteroatoms. The van der Waals surface area contributed by atoms with E-state index < -0.39 is 11.2 Å². The van der Waals surface area contributed by atoms with Gasteiger partial charge in [0.1, 0.15) is 5.60 Å². The smallest absolute Gasteiger partial charge is 0.118 e. The molecule has 0 spiro atoms. The van der Waals surface area contributed by atoms with Gasteiger partial charge in [-0.2, -0.15) is 0 Å². The molecule has 0 unspecified atom stereocenters. The van der Waals surface area contributed by atoms with Crippen molar-refractivity contribution in [1.82, 2.24) is 0 Å². The number of allylic oxidation sites excluding steroid dienone is 1. The molecule has 3 nitrogen and oxygen atoms in total. The molecule has 0 saturated heterocycles. The Labute approximate surface area is 116 Å². The minimum atomic E-state index is -0.931. The Hall–Kier alpha value is -1.32. The van der Waals surface area contributed by atoms with Crippen molar-refractivity contribution >= 4 is 11.8 Å². The zero-order valence-electron chi connectivity index (χ0n) is 12.7. The van der Waals surface area contributed by atoms with Gasteiger partial charge in [-0.3, -0.25) is 10.3 Å². The van der Waals surface area contributed by atoms with Crippen LogP contribution >= 0.6 is 0 Å². The van der Waals surface area contributed by atoms with Gasteiger partial charge in [-0.25, -0.2) is 0 Å². The topological polar surface area (TPSA) is 41.5 Å². The molecule has 0 bridgehead atoms. The molecule has 0 aliphatic carbocycles. The van der Waals surface area contributed by atoms with E-state index in [-0.39, 0.29) is 0 Å². The van der Waals surface area contributed by atoms with Crippen molar-refractivity contribution in [3.8, 4) is 0 Å². The standard InChI is InChI=1S/C16H25NO2/c1-7-8-13-9-10-14(11-12(13)2)17-19-16(5,6)15(3,4)18/h7-11,17-18H,1-6H3/b8-7-. The highest BCUT2D eigenvalue weighted by Gasteiger charge is 2.36. The van der Waals surface area contributed by atoms with Gasteiger partial charge in [0.25, 0.3) is 0 Å². The lowest BCUT2D eigenvalue weighted by atomic mass is 9.90. The summed E-state index contributed by atoms with van der Waals surface area (Å²) in [6, 6.07) is 6.02. The summed E-state index contributed by atoms with van der Waals surface area (Å²) >= 11 is 0. The number of aliphatic hydroxyl groups is 1. The third-order valence-corrected chi connectivity index (χ3v) is 3.51. The first-order valence-electron chi connectivity index (χ1n) is 6.57. The number of aryl methyl sites for hydroxylation is 1. The third-order valence-electron chi connectivity index (χ3n) is 3.51. The fourth-order valence-electron chi connectivity index (χ4n) is 1.42. The summed E-state index contributed by atoms with van der Waals surface area (Å²) in [6.07, 6.45) is 4.09. The Morgan fingerprint density at radius 1 is 1.21 bits per heavy atom. The van der Waals surface area contributed by atoms with Crippen LogP contribution in [-0.2, 0) is 4.84 Å². The van der Waals surface area contributed by atoms with Crippen molar-refractivity contribution in [3.05, 3.63) is 35.4 Å². The Bertz CT molecular complexity index is 456. The van der Waals surface area contributed by atoms with Crippen molar-refractivity contribution < 1.29 is 9.94 Å². The highest BCUT2D eigenvalue weighted by molar-refractivity contribution is 5.58. The predicted octanol–water partition coefficient (Wildman–Crippen LogP) is 3.92. The quantitative estimate of drug-likeness (QED) is 0.791. The maximum atomic E-state index is 10.0. The van der Waals surface area contributed by atoms with Gasteiger partial charge in [-0.15, -0.1) is 0 Å². The fourth-order valence-corrected chi connectivity index (χ4v) is 1.42. The van der Waals surface area contributed by atoms with Crippen LogP contribution in [0, 0.1) is 6.92 Å². The summed E-state index contributed by atoms with van der Waals surface area (Å²) in [7, 11) is 0. The second-order valence-electron chi connectivity index (χ2n) is 5.84. The van der Waals surface area contributed by atoms with Crippen LogP contribution < -0.4 is 5.48 Å². The molecule has 0 amide bonds. The molecule has 1 aromatic carbocycles. The molecule has 0 atom stereocenters. The van der Waals surface area contributed by atoms with Crippen LogP contribution in [0.5, 0.6) is 0 Å². The van der Waals surface area contributed by atoms with Crippen molar-refractivity contribution in [1.29, 1.82) is 0 Å². The monoisotopic (exact) mass is 263 g/mol. The maximum absolute atomic E-state index is 10.0. The molecular formula is C16H25NO2. The number of hydrogen-bond acceptors (Lipinski definition) is 3. The van der Waals surface area contributed by atoms with Gasteiger partial charge in [0, 0.05) is 0 Å². The van der Waals surface area contributed by atoms with E-state index in [1.165, 1.54) is 11.1 Å². The normalized spacial score (nSPS) is 13.0. The first-order chi connectivity index (χ1) is 8.67. The van der Waals surface area contributed by atoms with Gasteiger partial charge in [0.15, 0.2) is 0 Å². The molecule has 0 fully saturated rings. The average molecular weight is 263 g/mol. The summed E-state index contributed by atoms with van der Waals surface area (Å²) in [5.74, 6) is 0. The number of nitrogens with one attached hydrogen (secondary N) is 1. The molecule has 0 heterocycles. The van der Waals surface area contributed by atoms with Crippen LogP contribution in [0.2, 0.25) is 0 Å². The third kappa shape index (κ3) is 4.08. The Morgan fingerprint density at radius 3 is 2.32 bits per heavy atom. The van der Waals surface area contributed by atoms with Crippen LogP contribution in [0.4, 0.5) is 5.69 Å². The largest absolute Gasteiger partial charge is 0.387 e. The van der Waals surface area contributed by atoms with Gasteiger partial charge in [0.05, 0.1) is 11.3 Å². The maximum Gasteiger partial charge on any atom is 0.118 e. The molecule has 106 valence electrons. The molecular weight excluding hydrogens is 238 g/mol. The molecule has 1 rings (SSSR count). The van der Waals surface area contributed by atoms with Crippen molar-refractivity contribution in [3.63, 3.8) is 0 Å². The lowest BCUT2D eigenvalue weighted by Crippen LogP contribution is -2.48. The van der Waals surface area contributed by atoms with Gasteiger partial charge < -0.3 is 5.11 Å². The van der Waals surface area contributed by atoms with Gasteiger partial charge in [-0.1, -0.05) is 18.2 Å². The first kappa shape index (κ1) is 15.7. The van der Waals surface area contributed by atoms with Crippen molar-refractivity contribution in [2.75, 3.05) is 5.48 Å². The van der Waals surface area contributed by atoms with E-state index in [2.05, 4.69) is 18.5 Å². The molecule has 0 saturated carbocycles. The van der Waals surface area contributed by atoms with Gasteiger partial charge >= 0.3 is 0 Å². The molecule has 19 heavy (non-hydrogen) atoms. The summed E-state index contributed by atoms with van der Waals surface area (Å²) < 4.78 is 0. The highest BCUT2D eigenvalue weighted by atomic mass is 16.7. The van der Waals surface area contributed by atoms with E-state index >= 15 is 0 Å².